The first-order chi connectivity index (χ1) is 18.8. The number of hydrogen-bond acceptors (Lipinski definition) is 2. The number of para-hydroxylation sites is 1. The molecule has 0 saturated carbocycles. The summed E-state index contributed by atoms with van der Waals surface area (Å²) in [6.45, 7) is 12.7. The van der Waals surface area contributed by atoms with E-state index in [1.165, 1.54) is 27.8 Å². The van der Waals surface area contributed by atoms with E-state index in [1.54, 1.807) is 0 Å². The van der Waals surface area contributed by atoms with E-state index in [0.29, 0.717) is 5.56 Å². The monoisotopic (exact) mass is 509 g/mol. The molecule has 194 valence electrons. The van der Waals surface area contributed by atoms with E-state index in [-0.39, 0.29) is 5.78 Å². The van der Waals surface area contributed by atoms with Gasteiger partial charge in [0.1, 0.15) is 0 Å². The van der Waals surface area contributed by atoms with Crippen molar-refractivity contribution in [2.24, 2.45) is 0 Å². The van der Waals surface area contributed by atoms with Crippen LogP contribution in [0.3, 0.4) is 0 Å². The number of anilines is 3. The van der Waals surface area contributed by atoms with Crippen LogP contribution in [-0.4, -0.2) is 5.78 Å². The van der Waals surface area contributed by atoms with E-state index < -0.39 is 0 Å². The zero-order valence-electron chi connectivity index (χ0n) is 23.7. The summed E-state index contributed by atoms with van der Waals surface area (Å²) in [4.78, 5) is 16.0. The highest BCUT2D eigenvalue weighted by Crippen LogP contribution is 2.43. The fourth-order valence-electron chi connectivity index (χ4n) is 5.77. The predicted octanol–water partition coefficient (Wildman–Crippen LogP) is 9.90. The predicted molar refractivity (Wildman–Crippen MR) is 165 cm³/mol. The molecule has 5 aromatic carbocycles. The standard InChI is InChI=1S/C37H35NO/c1-24-18-20-33(21-19-24)38(32-16-8-7-9-17-32)36-28(5)22-27(4)35(29(36)6)30-14-11-15-31(23-30)37(39)34-25(2)12-10-13-26(34)3/h7-23H,1-6H3. The zero-order valence-corrected chi connectivity index (χ0v) is 23.7. The lowest BCUT2D eigenvalue weighted by Crippen LogP contribution is -2.14. The average Bonchev–Trinajstić information content (AvgIpc) is 2.92. The van der Waals surface area contributed by atoms with Gasteiger partial charge in [0, 0.05) is 22.5 Å². The number of ketones is 1. The quantitative estimate of drug-likeness (QED) is 0.212. The van der Waals surface area contributed by atoms with Gasteiger partial charge in [0.2, 0.25) is 0 Å². The van der Waals surface area contributed by atoms with Gasteiger partial charge in [-0.15, -0.1) is 0 Å². The number of nitrogens with zero attached hydrogens (tertiary/aromatic N) is 1. The molecule has 2 heteroatoms. The van der Waals surface area contributed by atoms with Gasteiger partial charge >= 0.3 is 0 Å². The molecule has 0 atom stereocenters. The van der Waals surface area contributed by atoms with Gasteiger partial charge in [0.05, 0.1) is 5.69 Å². The van der Waals surface area contributed by atoms with Gasteiger partial charge in [-0.1, -0.05) is 78.4 Å². The molecule has 0 N–H and O–H groups in total. The maximum absolute atomic E-state index is 13.7. The molecule has 39 heavy (non-hydrogen) atoms. The molecule has 5 rings (SSSR count). The van der Waals surface area contributed by atoms with Gasteiger partial charge in [-0.2, -0.15) is 0 Å². The van der Waals surface area contributed by atoms with Crippen LogP contribution in [-0.2, 0) is 0 Å². The van der Waals surface area contributed by atoms with Crippen LogP contribution in [0.25, 0.3) is 11.1 Å². The molecular formula is C37H35NO. The summed E-state index contributed by atoms with van der Waals surface area (Å²) in [7, 11) is 0. The SMILES string of the molecule is Cc1ccc(N(c2ccccc2)c2c(C)cc(C)c(-c3cccc(C(=O)c4c(C)cccc4C)c3)c2C)cc1. The summed E-state index contributed by atoms with van der Waals surface area (Å²) in [5, 5.41) is 0. The van der Waals surface area contributed by atoms with Crippen LogP contribution in [0.15, 0.2) is 103 Å². The fraction of sp³-hybridized carbons (Fsp3) is 0.162. The van der Waals surface area contributed by atoms with Gasteiger partial charge in [-0.05, 0) is 111 Å². The molecule has 2 nitrogen and oxygen atoms in total. The van der Waals surface area contributed by atoms with Crippen molar-refractivity contribution in [1.29, 1.82) is 0 Å². The van der Waals surface area contributed by atoms with Gasteiger partial charge in [0.15, 0.2) is 5.78 Å². The Balaban J connectivity index is 1.68. The zero-order chi connectivity index (χ0) is 27.7. The molecule has 0 aliphatic carbocycles. The van der Waals surface area contributed by atoms with Crippen molar-refractivity contribution < 1.29 is 4.79 Å². The van der Waals surface area contributed by atoms with Gasteiger partial charge in [-0.3, -0.25) is 4.79 Å². The number of carbonyl (C=O) groups is 1. The summed E-state index contributed by atoms with van der Waals surface area (Å²) in [5.74, 6) is 0.0701. The van der Waals surface area contributed by atoms with Crippen molar-refractivity contribution in [1.82, 2.24) is 0 Å². The molecule has 0 aliphatic rings. The molecule has 0 aromatic heterocycles. The van der Waals surface area contributed by atoms with Gasteiger partial charge in [-0.25, -0.2) is 0 Å². The summed E-state index contributed by atoms with van der Waals surface area (Å²) >= 11 is 0. The number of rotatable bonds is 6. The molecule has 0 aliphatic heterocycles. The lowest BCUT2D eigenvalue weighted by molar-refractivity contribution is 0.103. The van der Waals surface area contributed by atoms with Gasteiger partial charge < -0.3 is 4.90 Å². The average molecular weight is 510 g/mol. The highest BCUT2D eigenvalue weighted by atomic mass is 16.1. The van der Waals surface area contributed by atoms with E-state index in [0.717, 1.165) is 39.3 Å². The Morgan fingerprint density at radius 1 is 0.564 bits per heavy atom. The fourth-order valence-corrected chi connectivity index (χ4v) is 5.77. The summed E-state index contributed by atoms with van der Waals surface area (Å²) < 4.78 is 0. The second-order valence-electron chi connectivity index (χ2n) is 10.5. The maximum Gasteiger partial charge on any atom is 0.193 e. The largest absolute Gasteiger partial charge is 0.310 e. The normalized spacial score (nSPS) is 10.9. The molecule has 5 aromatic rings. The van der Waals surface area contributed by atoms with E-state index >= 15 is 0 Å². The van der Waals surface area contributed by atoms with Crippen LogP contribution in [0.2, 0.25) is 0 Å². The van der Waals surface area contributed by atoms with Crippen molar-refractivity contribution >= 4 is 22.8 Å². The molecule has 0 amide bonds. The molecule has 0 bridgehead atoms. The van der Waals surface area contributed by atoms with E-state index in [4.69, 9.17) is 0 Å². The van der Waals surface area contributed by atoms with Crippen molar-refractivity contribution in [3.63, 3.8) is 0 Å². The molecule has 0 fully saturated rings. The lowest BCUT2D eigenvalue weighted by atomic mass is 9.88. The first-order valence-electron chi connectivity index (χ1n) is 13.5. The number of hydrogen-bond donors (Lipinski definition) is 0. The summed E-state index contributed by atoms with van der Waals surface area (Å²) in [5.41, 5.74) is 14.0. The Bertz CT molecular complexity index is 1640. The number of benzene rings is 5. The van der Waals surface area contributed by atoms with Crippen LogP contribution in [0.5, 0.6) is 0 Å². The summed E-state index contributed by atoms with van der Waals surface area (Å²) in [6.07, 6.45) is 0. The van der Waals surface area contributed by atoms with Crippen LogP contribution >= 0.6 is 0 Å². The second kappa shape index (κ2) is 10.7. The van der Waals surface area contributed by atoms with E-state index in [9.17, 15) is 4.79 Å². The van der Waals surface area contributed by atoms with Crippen molar-refractivity contribution in [3.8, 4) is 11.1 Å². The van der Waals surface area contributed by atoms with E-state index in [1.807, 2.05) is 44.2 Å². The van der Waals surface area contributed by atoms with Gasteiger partial charge in [0.25, 0.3) is 0 Å². The maximum atomic E-state index is 13.7. The Morgan fingerprint density at radius 2 is 1.18 bits per heavy atom. The second-order valence-corrected chi connectivity index (χ2v) is 10.5. The Kier molecular flexibility index (Phi) is 7.21. The molecule has 0 heterocycles. The lowest BCUT2D eigenvalue weighted by Gasteiger charge is -2.30. The molecule has 0 saturated heterocycles. The van der Waals surface area contributed by atoms with Crippen molar-refractivity contribution in [2.75, 3.05) is 4.90 Å². The first-order valence-corrected chi connectivity index (χ1v) is 13.5. The van der Waals surface area contributed by atoms with E-state index in [2.05, 4.69) is 105 Å². The topological polar surface area (TPSA) is 20.3 Å². The molecular weight excluding hydrogens is 474 g/mol. The minimum atomic E-state index is 0.0701. The highest BCUT2D eigenvalue weighted by Gasteiger charge is 2.22. The van der Waals surface area contributed by atoms with Crippen LogP contribution in [0.4, 0.5) is 17.1 Å². The third kappa shape index (κ3) is 5.03. The third-order valence-corrected chi connectivity index (χ3v) is 7.58. The molecule has 0 spiro atoms. The summed E-state index contributed by atoms with van der Waals surface area (Å²) in [6, 6.07) is 35.6. The van der Waals surface area contributed by atoms with Crippen LogP contribution in [0.1, 0.15) is 49.3 Å². The Morgan fingerprint density at radius 3 is 1.85 bits per heavy atom. The van der Waals surface area contributed by atoms with Crippen molar-refractivity contribution in [3.05, 3.63) is 148 Å². The highest BCUT2D eigenvalue weighted by molar-refractivity contribution is 6.11. The number of carbonyl (C=O) groups excluding carboxylic acids is 1. The molecule has 0 unspecified atom stereocenters. The minimum Gasteiger partial charge on any atom is -0.310 e. The number of aryl methyl sites for hydroxylation is 5. The van der Waals surface area contributed by atoms with Crippen LogP contribution in [0, 0.1) is 41.5 Å². The first kappa shape index (κ1) is 26.2. The van der Waals surface area contributed by atoms with Crippen molar-refractivity contribution in [2.45, 2.75) is 41.5 Å². The Labute approximate surface area is 232 Å². The minimum absolute atomic E-state index is 0.0701. The third-order valence-electron chi connectivity index (χ3n) is 7.58. The molecule has 0 radical (unpaired) electrons. The Hall–Kier alpha value is -4.43. The van der Waals surface area contributed by atoms with Crippen LogP contribution < -0.4 is 4.90 Å². The smallest absolute Gasteiger partial charge is 0.193 e.